The fourth-order valence-electron chi connectivity index (χ4n) is 1.56. The highest BCUT2D eigenvalue weighted by Gasteiger charge is 2.25. The number of alkyl halides is 2. The Bertz CT molecular complexity index is 519. The monoisotopic (exact) mass is 288 g/mol. The van der Waals surface area contributed by atoms with Crippen LogP contribution in [-0.4, -0.2) is 14.8 Å². The van der Waals surface area contributed by atoms with Gasteiger partial charge in [0.2, 0.25) is 0 Å². The van der Waals surface area contributed by atoms with E-state index in [0.717, 1.165) is 18.1 Å². The van der Waals surface area contributed by atoms with Gasteiger partial charge in [-0.3, -0.25) is 9.67 Å². The summed E-state index contributed by atoms with van der Waals surface area (Å²) < 4.78 is 27.6. The molecule has 0 aliphatic carbocycles. The Balaban J connectivity index is 0.00000180. The molecule has 0 bridgehead atoms. The van der Waals surface area contributed by atoms with Crippen molar-refractivity contribution in [2.75, 3.05) is 0 Å². The summed E-state index contributed by atoms with van der Waals surface area (Å²) in [5.74, 6) is -2.91. The maximum absolute atomic E-state index is 13.0. The van der Waals surface area contributed by atoms with Gasteiger partial charge >= 0.3 is 0 Å². The lowest BCUT2D eigenvalue weighted by Crippen LogP contribution is -2.10. The van der Waals surface area contributed by atoms with E-state index < -0.39 is 5.92 Å². The zero-order chi connectivity index (χ0) is 13.2. The van der Waals surface area contributed by atoms with E-state index in [-0.39, 0.29) is 18.1 Å². The van der Waals surface area contributed by atoms with Gasteiger partial charge in [0.15, 0.2) is 0 Å². The van der Waals surface area contributed by atoms with Crippen LogP contribution in [0.25, 0.3) is 0 Å². The maximum atomic E-state index is 13.0. The SMILES string of the molecule is CC(F)(F)c1ccc(Cn2cc(CN)cn2)cn1.Cl. The molecule has 0 radical (unpaired) electrons. The van der Waals surface area contributed by atoms with Crippen LogP contribution >= 0.6 is 12.4 Å². The minimum Gasteiger partial charge on any atom is -0.326 e. The highest BCUT2D eigenvalue weighted by molar-refractivity contribution is 5.85. The van der Waals surface area contributed by atoms with Crippen LogP contribution in [0.2, 0.25) is 0 Å². The molecule has 19 heavy (non-hydrogen) atoms. The van der Waals surface area contributed by atoms with Crippen molar-refractivity contribution >= 4 is 12.4 Å². The molecule has 4 nitrogen and oxygen atoms in total. The number of pyridine rings is 1. The van der Waals surface area contributed by atoms with Gasteiger partial charge in [-0.05, 0) is 11.6 Å². The van der Waals surface area contributed by atoms with Crippen LogP contribution in [0, 0.1) is 0 Å². The third-order valence-corrected chi connectivity index (χ3v) is 2.54. The van der Waals surface area contributed by atoms with E-state index in [4.69, 9.17) is 5.73 Å². The normalized spacial score (nSPS) is 11.2. The Hall–Kier alpha value is -1.53. The molecule has 0 unspecified atom stereocenters. The first-order chi connectivity index (χ1) is 8.49. The van der Waals surface area contributed by atoms with Crippen molar-refractivity contribution in [3.05, 3.63) is 47.5 Å². The van der Waals surface area contributed by atoms with Gasteiger partial charge in [-0.2, -0.15) is 13.9 Å². The third-order valence-electron chi connectivity index (χ3n) is 2.54. The summed E-state index contributed by atoms with van der Waals surface area (Å²) in [4.78, 5) is 3.76. The molecule has 0 saturated heterocycles. The molecule has 0 aliphatic rings. The lowest BCUT2D eigenvalue weighted by Gasteiger charge is -2.09. The highest BCUT2D eigenvalue weighted by Crippen LogP contribution is 2.24. The van der Waals surface area contributed by atoms with Crippen LogP contribution in [0.15, 0.2) is 30.7 Å². The van der Waals surface area contributed by atoms with E-state index in [1.807, 2.05) is 6.20 Å². The van der Waals surface area contributed by atoms with E-state index >= 15 is 0 Å². The van der Waals surface area contributed by atoms with Crippen molar-refractivity contribution in [3.63, 3.8) is 0 Å². The minimum atomic E-state index is -2.91. The quantitative estimate of drug-likeness (QED) is 0.939. The molecule has 104 valence electrons. The van der Waals surface area contributed by atoms with Gasteiger partial charge in [-0.25, -0.2) is 0 Å². The lowest BCUT2D eigenvalue weighted by molar-refractivity contribution is 0.0127. The number of hydrogen-bond acceptors (Lipinski definition) is 3. The molecule has 0 fully saturated rings. The van der Waals surface area contributed by atoms with Crippen molar-refractivity contribution < 1.29 is 8.78 Å². The summed E-state index contributed by atoms with van der Waals surface area (Å²) in [5.41, 5.74) is 6.99. The topological polar surface area (TPSA) is 56.7 Å². The minimum absolute atomic E-state index is 0. The van der Waals surface area contributed by atoms with Crippen LogP contribution in [-0.2, 0) is 19.0 Å². The molecule has 2 heterocycles. The summed E-state index contributed by atoms with van der Waals surface area (Å²) in [5, 5.41) is 4.11. The van der Waals surface area contributed by atoms with Gasteiger partial charge in [0.05, 0.1) is 12.7 Å². The van der Waals surface area contributed by atoms with Crippen molar-refractivity contribution in [2.45, 2.75) is 25.9 Å². The molecule has 2 rings (SSSR count). The van der Waals surface area contributed by atoms with Crippen molar-refractivity contribution in [3.8, 4) is 0 Å². The molecule has 7 heteroatoms. The third kappa shape index (κ3) is 3.97. The zero-order valence-corrected chi connectivity index (χ0v) is 11.2. The van der Waals surface area contributed by atoms with Crippen LogP contribution in [0.5, 0.6) is 0 Å². The lowest BCUT2D eigenvalue weighted by atomic mass is 10.2. The molecule has 0 saturated carbocycles. The summed E-state index contributed by atoms with van der Waals surface area (Å²) >= 11 is 0. The Morgan fingerprint density at radius 3 is 2.47 bits per heavy atom. The van der Waals surface area contributed by atoms with Gasteiger partial charge in [0.1, 0.15) is 5.69 Å². The summed E-state index contributed by atoms with van der Waals surface area (Å²) in [6, 6.07) is 2.96. The number of nitrogens with two attached hydrogens (primary N) is 1. The first-order valence-corrected chi connectivity index (χ1v) is 5.53. The number of aromatic nitrogens is 3. The number of nitrogens with zero attached hydrogens (tertiary/aromatic N) is 3. The van der Waals surface area contributed by atoms with Crippen molar-refractivity contribution in [2.24, 2.45) is 5.73 Å². The molecule has 2 aromatic heterocycles. The van der Waals surface area contributed by atoms with Gasteiger partial charge < -0.3 is 5.73 Å². The van der Waals surface area contributed by atoms with E-state index in [1.165, 1.54) is 12.3 Å². The summed E-state index contributed by atoms with van der Waals surface area (Å²) in [7, 11) is 0. The molecule has 0 aromatic carbocycles. The second kappa shape index (κ2) is 6.08. The first-order valence-electron chi connectivity index (χ1n) is 5.53. The molecule has 0 amide bonds. The molecule has 2 N–H and O–H groups in total. The highest BCUT2D eigenvalue weighted by atomic mass is 35.5. The second-order valence-corrected chi connectivity index (χ2v) is 4.19. The first kappa shape index (κ1) is 15.5. The van der Waals surface area contributed by atoms with Gasteiger partial charge in [0.25, 0.3) is 5.92 Å². The van der Waals surface area contributed by atoms with Crippen LogP contribution in [0.3, 0.4) is 0 Å². The molecule has 0 spiro atoms. The van der Waals surface area contributed by atoms with E-state index in [9.17, 15) is 8.78 Å². The van der Waals surface area contributed by atoms with Gasteiger partial charge in [0, 0.05) is 31.4 Å². The Kier molecular flexibility index (Phi) is 4.97. The average Bonchev–Trinajstić information content (AvgIpc) is 2.76. The van der Waals surface area contributed by atoms with Crippen LogP contribution in [0.4, 0.5) is 8.78 Å². The largest absolute Gasteiger partial charge is 0.326 e. The van der Waals surface area contributed by atoms with Gasteiger partial charge in [-0.1, -0.05) is 6.07 Å². The van der Waals surface area contributed by atoms with Crippen LogP contribution < -0.4 is 5.73 Å². The van der Waals surface area contributed by atoms with Crippen LogP contribution in [0.1, 0.15) is 23.7 Å². The van der Waals surface area contributed by atoms with E-state index in [2.05, 4.69) is 10.1 Å². The zero-order valence-electron chi connectivity index (χ0n) is 10.4. The molecule has 0 aliphatic heterocycles. The maximum Gasteiger partial charge on any atom is 0.286 e. The Morgan fingerprint density at radius 1 is 1.26 bits per heavy atom. The summed E-state index contributed by atoms with van der Waals surface area (Å²) in [6.07, 6.45) is 4.95. The second-order valence-electron chi connectivity index (χ2n) is 4.19. The fraction of sp³-hybridized carbons (Fsp3) is 0.333. The predicted octanol–water partition coefficient (Wildman–Crippen LogP) is 2.32. The van der Waals surface area contributed by atoms with E-state index in [0.29, 0.717) is 13.1 Å². The van der Waals surface area contributed by atoms with Gasteiger partial charge in [-0.15, -0.1) is 12.4 Å². The van der Waals surface area contributed by atoms with E-state index in [1.54, 1.807) is 16.9 Å². The number of rotatable bonds is 4. The average molecular weight is 289 g/mol. The summed E-state index contributed by atoms with van der Waals surface area (Å²) in [6.45, 7) is 1.75. The number of hydrogen-bond donors (Lipinski definition) is 1. The Morgan fingerprint density at radius 2 is 2.00 bits per heavy atom. The molecule has 2 aromatic rings. The van der Waals surface area contributed by atoms with Crippen molar-refractivity contribution in [1.29, 1.82) is 0 Å². The standard InChI is InChI=1S/C12H14F2N4.ClH/c1-12(13,14)11-3-2-9(5-16-11)7-18-8-10(4-15)6-17-18;/h2-3,5-6,8H,4,7,15H2,1H3;1H. The number of halogens is 3. The van der Waals surface area contributed by atoms with Crippen molar-refractivity contribution in [1.82, 2.24) is 14.8 Å². The Labute approximate surface area is 116 Å². The molecular formula is C12H15ClF2N4. The smallest absolute Gasteiger partial charge is 0.286 e. The molecular weight excluding hydrogens is 274 g/mol. The predicted molar refractivity (Wildman–Crippen MR) is 70.3 cm³/mol. The fourth-order valence-corrected chi connectivity index (χ4v) is 1.56. The molecule has 0 atom stereocenters.